The molecule has 0 N–H and O–H groups in total. The molecule has 0 bridgehead atoms. The first-order valence-electron chi connectivity index (χ1n) is 11.4. The lowest BCUT2D eigenvalue weighted by Crippen LogP contribution is -2.10. The molecule has 2 aliphatic rings. The second-order valence-corrected chi connectivity index (χ2v) is 9.05. The molecule has 1 unspecified atom stereocenters. The molecule has 1 aromatic rings. The molecule has 2 aliphatic carbocycles. The molecule has 0 nitrogen and oxygen atoms in total. The van der Waals surface area contributed by atoms with E-state index in [1.807, 2.05) is 0 Å². The van der Waals surface area contributed by atoms with Gasteiger partial charge in [-0.2, -0.15) is 0 Å². The Bertz CT molecular complexity index is 693. The first-order chi connectivity index (χ1) is 13.6. The topological polar surface area (TPSA) is 0 Å². The van der Waals surface area contributed by atoms with Gasteiger partial charge in [-0.25, -0.2) is 8.78 Å². The summed E-state index contributed by atoms with van der Waals surface area (Å²) >= 11 is 0. The summed E-state index contributed by atoms with van der Waals surface area (Å²) in [5.41, 5.74) is 1.97. The Labute approximate surface area is 170 Å². The van der Waals surface area contributed by atoms with E-state index in [4.69, 9.17) is 0 Å². The molecule has 0 amide bonds. The van der Waals surface area contributed by atoms with Crippen LogP contribution in [0, 0.1) is 29.4 Å². The summed E-state index contributed by atoms with van der Waals surface area (Å²) < 4.78 is 29.3. The zero-order valence-electron chi connectivity index (χ0n) is 17.7. The molecule has 1 saturated carbocycles. The summed E-state index contributed by atoms with van der Waals surface area (Å²) in [5.74, 6) is 0.948. The van der Waals surface area contributed by atoms with Gasteiger partial charge in [-0.15, -0.1) is 0 Å². The lowest BCUT2D eigenvalue weighted by atomic mass is 9.83. The maximum Gasteiger partial charge on any atom is 0.166 e. The number of rotatable bonds is 7. The largest absolute Gasteiger partial charge is 0.203 e. The fourth-order valence-electron chi connectivity index (χ4n) is 4.84. The van der Waals surface area contributed by atoms with E-state index in [1.165, 1.54) is 38.5 Å². The molecule has 3 rings (SSSR count). The van der Waals surface area contributed by atoms with E-state index in [-0.39, 0.29) is 0 Å². The maximum absolute atomic E-state index is 14.7. The van der Waals surface area contributed by atoms with Crippen molar-refractivity contribution in [3.63, 3.8) is 0 Å². The predicted molar refractivity (Wildman–Crippen MR) is 115 cm³/mol. The Balaban J connectivity index is 1.56. The van der Waals surface area contributed by atoms with Crippen molar-refractivity contribution in [1.82, 2.24) is 0 Å². The van der Waals surface area contributed by atoms with Crippen molar-refractivity contribution in [1.29, 1.82) is 0 Å². The minimum Gasteiger partial charge on any atom is -0.203 e. The number of hydrogen-bond acceptors (Lipinski definition) is 0. The third kappa shape index (κ3) is 5.55. The molecule has 0 radical (unpaired) electrons. The number of aryl methyl sites for hydroxylation is 1. The molecule has 1 aromatic carbocycles. The highest BCUT2D eigenvalue weighted by Gasteiger charge is 2.20. The van der Waals surface area contributed by atoms with Gasteiger partial charge >= 0.3 is 0 Å². The van der Waals surface area contributed by atoms with Crippen LogP contribution in [0.15, 0.2) is 30.4 Å². The number of allylic oxidation sites excluding steroid dienone is 4. The van der Waals surface area contributed by atoms with Gasteiger partial charge in [-0.3, -0.25) is 0 Å². The predicted octanol–water partition coefficient (Wildman–Crippen LogP) is 8.26. The fourth-order valence-corrected chi connectivity index (χ4v) is 4.84. The summed E-state index contributed by atoms with van der Waals surface area (Å²) in [6, 6.07) is 3.59. The van der Waals surface area contributed by atoms with E-state index in [9.17, 15) is 8.78 Å². The maximum atomic E-state index is 14.7. The molecule has 0 aromatic heterocycles. The lowest BCUT2D eigenvalue weighted by Gasteiger charge is -2.23. The van der Waals surface area contributed by atoms with E-state index < -0.39 is 11.6 Å². The standard InChI is InChI=1S/C26H36F2/c1-3-6-20-13-15-22(16-14-20)24-18-17-23(25(27)26(24)28)8-5-4-7-21-11-9-19(2)10-12-21/h4,7,15,17-21H,3,5-6,8-14,16H2,1-2H3/b7-4+. The van der Waals surface area contributed by atoms with Crippen LogP contribution in [-0.2, 0) is 6.42 Å². The smallest absolute Gasteiger partial charge is 0.166 e. The van der Waals surface area contributed by atoms with Crippen LogP contribution < -0.4 is 0 Å². The van der Waals surface area contributed by atoms with E-state index in [2.05, 4.69) is 32.1 Å². The minimum absolute atomic E-state index is 0.475. The zero-order valence-corrected chi connectivity index (χ0v) is 17.7. The van der Waals surface area contributed by atoms with E-state index in [0.29, 0.717) is 29.4 Å². The molecular weight excluding hydrogens is 350 g/mol. The molecule has 1 atom stereocenters. The van der Waals surface area contributed by atoms with Crippen LogP contribution in [0.25, 0.3) is 5.57 Å². The van der Waals surface area contributed by atoms with Gasteiger partial charge < -0.3 is 0 Å². The van der Waals surface area contributed by atoms with Crippen molar-refractivity contribution < 1.29 is 8.78 Å². The molecule has 28 heavy (non-hydrogen) atoms. The molecule has 154 valence electrons. The van der Waals surface area contributed by atoms with Crippen LogP contribution in [0.2, 0.25) is 0 Å². The van der Waals surface area contributed by atoms with Crippen LogP contribution in [0.3, 0.4) is 0 Å². The Hall–Kier alpha value is -1.44. The second kappa shape index (κ2) is 10.4. The van der Waals surface area contributed by atoms with Gasteiger partial charge in [0.05, 0.1) is 0 Å². The van der Waals surface area contributed by atoms with Gasteiger partial charge in [0.15, 0.2) is 11.6 Å². The van der Waals surface area contributed by atoms with Crippen LogP contribution in [-0.4, -0.2) is 0 Å². The van der Waals surface area contributed by atoms with E-state index in [0.717, 1.165) is 37.2 Å². The number of hydrogen-bond donors (Lipinski definition) is 0. The van der Waals surface area contributed by atoms with Crippen LogP contribution >= 0.6 is 0 Å². The average molecular weight is 387 g/mol. The van der Waals surface area contributed by atoms with Gasteiger partial charge in [0, 0.05) is 5.56 Å². The Morgan fingerprint density at radius 2 is 1.82 bits per heavy atom. The molecule has 0 spiro atoms. The van der Waals surface area contributed by atoms with Crippen molar-refractivity contribution in [2.24, 2.45) is 17.8 Å². The second-order valence-electron chi connectivity index (χ2n) is 9.05. The van der Waals surface area contributed by atoms with Gasteiger partial charge in [0.2, 0.25) is 0 Å². The summed E-state index contributed by atoms with van der Waals surface area (Å²) in [4.78, 5) is 0. The summed E-state index contributed by atoms with van der Waals surface area (Å²) in [5, 5.41) is 0. The zero-order chi connectivity index (χ0) is 19.9. The molecule has 0 heterocycles. The van der Waals surface area contributed by atoms with Gasteiger partial charge in [-0.05, 0) is 73.8 Å². The van der Waals surface area contributed by atoms with Gasteiger partial charge in [0.1, 0.15) is 0 Å². The monoisotopic (exact) mass is 386 g/mol. The minimum atomic E-state index is -0.650. The first kappa shape index (κ1) is 21.3. The van der Waals surface area contributed by atoms with Crippen LogP contribution in [0.4, 0.5) is 8.78 Å². The molecule has 0 saturated heterocycles. The van der Waals surface area contributed by atoms with Gasteiger partial charge in [-0.1, -0.05) is 69.9 Å². The molecule has 1 fully saturated rings. The number of benzene rings is 1. The highest BCUT2D eigenvalue weighted by molar-refractivity contribution is 5.67. The van der Waals surface area contributed by atoms with E-state index >= 15 is 0 Å². The molecule has 2 heteroatoms. The van der Waals surface area contributed by atoms with Crippen molar-refractivity contribution >= 4 is 5.57 Å². The Morgan fingerprint density at radius 1 is 1.04 bits per heavy atom. The van der Waals surface area contributed by atoms with Crippen molar-refractivity contribution in [3.8, 4) is 0 Å². The van der Waals surface area contributed by atoms with Crippen molar-refractivity contribution in [2.75, 3.05) is 0 Å². The summed E-state index contributed by atoms with van der Waals surface area (Å²) in [6.45, 7) is 4.53. The lowest BCUT2D eigenvalue weighted by molar-refractivity contribution is 0.330. The van der Waals surface area contributed by atoms with Crippen molar-refractivity contribution in [3.05, 3.63) is 53.1 Å². The third-order valence-corrected chi connectivity index (χ3v) is 6.77. The first-order valence-corrected chi connectivity index (χ1v) is 11.4. The number of halogens is 2. The SMILES string of the molecule is CCCC1CC=C(c2ccc(CC/C=C/C3CCC(C)CC3)c(F)c2F)CC1. The normalized spacial score (nSPS) is 25.9. The fraction of sp³-hybridized carbons (Fsp3) is 0.615. The summed E-state index contributed by atoms with van der Waals surface area (Å²) in [7, 11) is 0. The van der Waals surface area contributed by atoms with Crippen molar-refractivity contribution in [2.45, 2.75) is 84.5 Å². The molecule has 0 aliphatic heterocycles. The summed E-state index contributed by atoms with van der Waals surface area (Å²) in [6.07, 6.45) is 18.5. The Morgan fingerprint density at radius 3 is 2.50 bits per heavy atom. The van der Waals surface area contributed by atoms with Gasteiger partial charge in [0.25, 0.3) is 0 Å². The highest BCUT2D eigenvalue weighted by Crippen LogP contribution is 2.34. The molecular formula is C26H36F2. The van der Waals surface area contributed by atoms with Crippen LogP contribution in [0.5, 0.6) is 0 Å². The van der Waals surface area contributed by atoms with Crippen LogP contribution in [0.1, 0.15) is 89.2 Å². The van der Waals surface area contributed by atoms with E-state index in [1.54, 1.807) is 12.1 Å². The quantitative estimate of drug-likeness (QED) is 0.414. The average Bonchev–Trinajstić information content (AvgIpc) is 2.71. The highest BCUT2D eigenvalue weighted by atomic mass is 19.2. The Kier molecular flexibility index (Phi) is 7.88. The third-order valence-electron chi connectivity index (χ3n) is 6.77.